The molecule has 1 heterocycles. The normalized spacial score (nSPS) is 9.95. The molecule has 0 bridgehead atoms. The van der Waals surface area contributed by atoms with Crippen molar-refractivity contribution in [2.24, 2.45) is 0 Å². The molecule has 0 spiro atoms. The largest absolute Gasteiger partial charge is 0.466 e. The van der Waals surface area contributed by atoms with Crippen molar-refractivity contribution in [3.05, 3.63) is 40.4 Å². The predicted octanol–water partition coefficient (Wildman–Crippen LogP) is 3.17. The Balaban J connectivity index is 2.09. The summed E-state index contributed by atoms with van der Waals surface area (Å²) < 4.78 is 4.89. The first-order valence-corrected chi connectivity index (χ1v) is 7.38. The van der Waals surface area contributed by atoms with Gasteiger partial charge in [-0.05, 0) is 31.5 Å². The fourth-order valence-corrected chi connectivity index (χ4v) is 2.47. The summed E-state index contributed by atoms with van der Waals surface area (Å²) in [6.45, 7) is 4.10. The van der Waals surface area contributed by atoms with E-state index >= 15 is 0 Å². The van der Waals surface area contributed by atoms with Crippen molar-refractivity contribution < 1.29 is 9.53 Å². The number of aromatic nitrogens is 1. The SMILES string of the molecule is CCOC(=O)Cc1csc(Nc2cc(C#N)ccc2C)n1. The molecule has 0 radical (unpaired) electrons. The number of anilines is 2. The van der Waals surface area contributed by atoms with Gasteiger partial charge in [0.25, 0.3) is 0 Å². The van der Waals surface area contributed by atoms with E-state index in [4.69, 9.17) is 10.00 Å². The van der Waals surface area contributed by atoms with Crippen LogP contribution in [0.3, 0.4) is 0 Å². The maximum Gasteiger partial charge on any atom is 0.311 e. The van der Waals surface area contributed by atoms with E-state index in [1.54, 1.807) is 19.1 Å². The minimum atomic E-state index is -0.281. The van der Waals surface area contributed by atoms with Crippen LogP contribution < -0.4 is 5.32 Å². The third-order valence-corrected chi connectivity index (χ3v) is 3.60. The lowest BCUT2D eigenvalue weighted by molar-refractivity contribution is -0.142. The third kappa shape index (κ3) is 4.04. The van der Waals surface area contributed by atoms with E-state index in [2.05, 4.69) is 16.4 Å². The lowest BCUT2D eigenvalue weighted by atomic mass is 10.1. The van der Waals surface area contributed by atoms with Crippen LogP contribution in [-0.4, -0.2) is 17.6 Å². The highest BCUT2D eigenvalue weighted by molar-refractivity contribution is 7.13. The van der Waals surface area contributed by atoms with Crippen LogP contribution in [-0.2, 0) is 16.0 Å². The number of benzene rings is 1. The maximum atomic E-state index is 11.4. The first-order chi connectivity index (χ1) is 10.1. The van der Waals surface area contributed by atoms with Crippen molar-refractivity contribution in [1.82, 2.24) is 4.98 Å². The van der Waals surface area contributed by atoms with Crippen molar-refractivity contribution in [3.8, 4) is 6.07 Å². The van der Waals surface area contributed by atoms with Crippen molar-refractivity contribution in [1.29, 1.82) is 5.26 Å². The van der Waals surface area contributed by atoms with Gasteiger partial charge in [0.15, 0.2) is 5.13 Å². The van der Waals surface area contributed by atoms with E-state index in [0.29, 0.717) is 23.0 Å². The van der Waals surface area contributed by atoms with E-state index in [1.807, 2.05) is 18.4 Å². The molecule has 0 saturated carbocycles. The highest BCUT2D eigenvalue weighted by Gasteiger charge is 2.09. The number of rotatable bonds is 5. The van der Waals surface area contributed by atoms with E-state index < -0.39 is 0 Å². The Morgan fingerprint density at radius 3 is 3.05 bits per heavy atom. The van der Waals surface area contributed by atoms with Gasteiger partial charge in [-0.15, -0.1) is 11.3 Å². The Morgan fingerprint density at radius 1 is 1.52 bits per heavy atom. The Labute approximate surface area is 127 Å². The van der Waals surface area contributed by atoms with Gasteiger partial charge < -0.3 is 10.1 Å². The lowest BCUT2D eigenvalue weighted by Crippen LogP contribution is -2.07. The molecule has 0 atom stereocenters. The Bertz CT molecular complexity index is 688. The number of ether oxygens (including phenoxy) is 1. The van der Waals surface area contributed by atoms with Gasteiger partial charge in [0, 0.05) is 11.1 Å². The molecule has 0 aliphatic rings. The minimum absolute atomic E-state index is 0.170. The molecule has 0 amide bonds. The zero-order valence-corrected chi connectivity index (χ0v) is 12.7. The molecule has 6 heteroatoms. The number of aryl methyl sites for hydroxylation is 1. The topological polar surface area (TPSA) is 75.0 Å². The van der Waals surface area contributed by atoms with Gasteiger partial charge in [-0.3, -0.25) is 4.79 Å². The number of esters is 1. The summed E-state index contributed by atoms with van der Waals surface area (Å²) in [5.74, 6) is -0.281. The summed E-state index contributed by atoms with van der Waals surface area (Å²) in [6.07, 6.45) is 0.170. The predicted molar refractivity (Wildman–Crippen MR) is 81.6 cm³/mol. The highest BCUT2D eigenvalue weighted by Crippen LogP contribution is 2.24. The maximum absolute atomic E-state index is 11.4. The lowest BCUT2D eigenvalue weighted by Gasteiger charge is -2.06. The van der Waals surface area contributed by atoms with Crippen LogP contribution in [0.4, 0.5) is 10.8 Å². The van der Waals surface area contributed by atoms with Crippen LogP contribution in [0.15, 0.2) is 23.6 Å². The number of nitriles is 1. The second kappa shape index (κ2) is 6.86. The van der Waals surface area contributed by atoms with Crippen LogP contribution in [0, 0.1) is 18.3 Å². The van der Waals surface area contributed by atoms with E-state index in [9.17, 15) is 4.79 Å². The van der Waals surface area contributed by atoms with E-state index in [-0.39, 0.29) is 12.4 Å². The standard InChI is InChI=1S/C15H15N3O2S/c1-3-20-14(19)7-12-9-21-15(17-12)18-13-6-11(8-16)5-4-10(13)2/h4-6,9H,3,7H2,1-2H3,(H,17,18). The fourth-order valence-electron chi connectivity index (χ4n) is 1.75. The summed E-state index contributed by atoms with van der Waals surface area (Å²) in [5, 5.41) is 14.6. The van der Waals surface area contributed by atoms with Crippen LogP contribution in [0.1, 0.15) is 23.7 Å². The Hall–Kier alpha value is -2.39. The van der Waals surface area contributed by atoms with Gasteiger partial charge in [0.05, 0.1) is 30.4 Å². The van der Waals surface area contributed by atoms with Crippen LogP contribution in [0.25, 0.3) is 0 Å². The number of hydrogen-bond donors (Lipinski definition) is 1. The summed E-state index contributed by atoms with van der Waals surface area (Å²) >= 11 is 1.41. The molecule has 0 aliphatic carbocycles. The molecule has 21 heavy (non-hydrogen) atoms. The van der Waals surface area contributed by atoms with Crippen molar-refractivity contribution in [2.75, 3.05) is 11.9 Å². The van der Waals surface area contributed by atoms with Crippen molar-refractivity contribution >= 4 is 28.1 Å². The zero-order valence-electron chi connectivity index (χ0n) is 11.8. The Kier molecular flexibility index (Phi) is 4.90. The molecule has 108 valence electrons. The van der Waals surface area contributed by atoms with Crippen LogP contribution >= 0.6 is 11.3 Å². The van der Waals surface area contributed by atoms with E-state index in [1.165, 1.54) is 11.3 Å². The minimum Gasteiger partial charge on any atom is -0.466 e. The first kappa shape index (κ1) is 15.0. The van der Waals surface area contributed by atoms with Gasteiger partial charge in [-0.25, -0.2) is 4.98 Å². The average molecular weight is 301 g/mol. The van der Waals surface area contributed by atoms with Gasteiger partial charge in [0.1, 0.15) is 0 Å². The second-order valence-corrected chi connectivity index (χ2v) is 5.25. The molecule has 1 aromatic heterocycles. The molecule has 5 nitrogen and oxygen atoms in total. The quantitative estimate of drug-likeness (QED) is 0.858. The van der Waals surface area contributed by atoms with Gasteiger partial charge in [-0.2, -0.15) is 5.26 Å². The van der Waals surface area contributed by atoms with Crippen LogP contribution in [0.5, 0.6) is 0 Å². The summed E-state index contributed by atoms with van der Waals surface area (Å²) in [5.41, 5.74) is 3.13. The third-order valence-electron chi connectivity index (χ3n) is 2.79. The number of nitrogens with zero attached hydrogens (tertiary/aromatic N) is 2. The first-order valence-electron chi connectivity index (χ1n) is 6.50. The molecule has 1 aromatic carbocycles. The van der Waals surface area contributed by atoms with Crippen molar-refractivity contribution in [3.63, 3.8) is 0 Å². The van der Waals surface area contributed by atoms with Crippen molar-refractivity contribution in [2.45, 2.75) is 20.3 Å². The molecular formula is C15H15N3O2S. The van der Waals surface area contributed by atoms with E-state index in [0.717, 1.165) is 11.3 Å². The molecule has 0 unspecified atom stereocenters. The highest BCUT2D eigenvalue weighted by atomic mass is 32.1. The zero-order chi connectivity index (χ0) is 15.2. The summed E-state index contributed by atoms with van der Waals surface area (Å²) in [6, 6.07) is 7.54. The second-order valence-electron chi connectivity index (χ2n) is 4.39. The number of nitrogens with one attached hydrogen (secondary N) is 1. The van der Waals surface area contributed by atoms with Gasteiger partial charge in [-0.1, -0.05) is 6.07 Å². The molecule has 0 aliphatic heterocycles. The fraction of sp³-hybridized carbons (Fsp3) is 0.267. The van der Waals surface area contributed by atoms with Gasteiger partial charge >= 0.3 is 5.97 Å². The summed E-state index contributed by atoms with van der Waals surface area (Å²) in [7, 11) is 0. The monoisotopic (exact) mass is 301 g/mol. The molecule has 1 N–H and O–H groups in total. The van der Waals surface area contributed by atoms with Crippen LogP contribution in [0.2, 0.25) is 0 Å². The van der Waals surface area contributed by atoms with Gasteiger partial charge in [0.2, 0.25) is 0 Å². The smallest absolute Gasteiger partial charge is 0.311 e. The molecule has 0 fully saturated rings. The number of thiazole rings is 1. The number of carbonyl (C=O) groups is 1. The molecule has 0 saturated heterocycles. The molecule has 2 rings (SSSR count). The average Bonchev–Trinajstić information content (AvgIpc) is 2.88. The molecule has 2 aromatic rings. The Morgan fingerprint density at radius 2 is 2.33 bits per heavy atom. The molecular weight excluding hydrogens is 286 g/mol. The summed E-state index contributed by atoms with van der Waals surface area (Å²) in [4.78, 5) is 15.8. The number of carbonyl (C=O) groups excluding carboxylic acids is 1. The number of hydrogen-bond acceptors (Lipinski definition) is 6.